The van der Waals surface area contributed by atoms with E-state index in [2.05, 4.69) is 17.1 Å². The largest absolute Gasteiger partial charge is 0.384 e. The van der Waals surface area contributed by atoms with Gasteiger partial charge in [0.15, 0.2) is 0 Å². The van der Waals surface area contributed by atoms with Crippen LogP contribution in [0.15, 0.2) is 0 Å². The van der Waals surface area contributed by atoms with E-state index in [1.165, 1.54) is 19.5 Å². The first-order valence-electron chi connectivity index (χ1n) is 6.23. The molecule has 0 radical (unpaired) electrons. The molecule has 1 saturated heterocycles. The number of nitrogens with one attached hydrogen (secondary N) is 1. The summed E-state index contributed by atoms with van der Waals surface area (Å²) in [6.45, 7) is 8.27. The second-order valence-electron chi connectivity index (χ2n) is 4.58. The highest BCUT2D eigenvalue weighted by Crippen LogP contribution is 2.16. The molecule has 1 aliphatic rings. The van der Waals surface area contributed by atoms with Crippen LogP contribution in [0, 0.1) is 5.92 Å². The standard InChI is InChI=1S/C12H26N2O2/c1-4-13-12(10-16-3)8-14-6-5-11(7-14)9-15-2/h11-13H,4-10H2,1-3H3. The quantitative estimate of drug-likeness (QED) is 0.661. The van der Waals surface area contributed by atoms with Gasteiger partial charge in [0.1, 0.15) is 0 Å². The minimum Gasteiger partial charge on any atom is -0.384 e. The molecule has 16 heavy (non-hydrogen) atoms. The minimum atomic E-state index is 0.455. The summed E-state index contributed by atoms with van der Waals surface area (Å²) in [6, 6.07) is 0.455. The summed E-state index contributed by atoms with van der Waals surface area (Å²) in [7, 11) is 3.55. The summed E-state index contributed by atoms with van der Waals surface area (Å²) in [5.74, 6) is 0.717. The second-order valence-corrected chi connectivity index (χ2v) is 4.58. The molecule has 0 aliphatic carbocycles. The summed E-state index contributed by atoms with van der Waals surface area (Å²) in [4.78, 5) is 2.51. The Labute approximate surface area is 99.3 Å². The summed E-state index contributed by atoms with van der Waals surface area (Å²) in [5.41, 5.74) is 0. The Balaban J connectivity index is 2.24. The van der Waals surface area contributed by atoms with Crippen LogP contribution in [0.3, 0.4) is 0 Å². The molecule has 1 N–H and O–H groups in total. The number of ether oxygens (including phenoxy) is 2. The zero-order valence-corrected chi connectivity index (χ0v) is 10.9. The van der Waals surface area contributed by atoms with Crippen LogP contribution in [0.25, 0.3) is 0 Å². The van der Waals surface area contributed by atoms with Crippen molar-refractivity contribution in [1.82, 2.24) is 10.2 Å². The Morgan fingerprint density at radius 1 is 1.38 bits per heavy atom. The van der Waals surface area contributed by atoms with Crippen LogP contribution in [-0.4, -0.2) is 64.6 Å². The molecule has 2 atom stereocenters. The highest BCUT2D eigenvalue weighted by molar-refractivity contribution is 4.79. The van der Waals surface area contributed by atoms with Gasteiger partial charge in [0, 0.05) is 33.4 Å². The Morgan fingerprint density at radius 2 is 2.19 bits per heavy atom. The molecule has 0 aromatic rings. The fraction of sp³-hybridized carbons (Fsp3) is 1.00. The molecule has 0 amide bonds. The van der Waals surface area contributed by atoms with Crippen molar-refractivity contribution < 1.29 is 9.47 Å². The highest BCUT2D eigenvalue weighted by Gasteiger charge is 2.24. The van der Waals surface area contributed by atoms with Gasteiger partial charge in [0.05, 0.1) is 13.2 Å². The van der Waals surface area contributed by atoms with Crippen molar-refractivity contribution in [2.75, 3.05) is 53.6 Å². The SMILES string of the molecule is CCNC(COC)CN1CCC(COC)C1. The lowest BCUT2D eigenvalue weighted by molar-refractivity contribution is 0.135. The molecule has 1 fully saturated rings. The molecule has 96 valence electrons. The van der Waals surface area contributed by atoms with Crippen molar-refractivity contribution >= 4 is 0 Å². The summed E-state index contributed by atoms with van der Waals surface area (Å²) < 4.78 is 10.4. The van der Waals surface area contributed by atoms with Crippen molar-refractivity contribution in [2.24, 2.45) is 5.92 Å². The van der Waals surface area contributed by atoms with Crippen molar-refractivity contribution in [2.45, 2.75) is 19.4 Å². The summed E-state index contributed by atoms with van der Waals surface area (Å²) >= 11 is 0. The van der Waals surface area contributed by atoms with Crippen LogP contribution in [0.1, 0.15) is 13.3 Å². The van der Waals surface area contributed by atoms with E-state index in [0.717, 1.165) is 32.2 Å². The molecule has 0 aromatic carbocycles. The maximum Gasteiger partial charge on any atom is 0.0628 e. The number of hydrogen-bond donors (Lipinski definition) is 1. The normalized spacial score (nSPS) is 23.8. The van der Waals surface area contributed by atoms with E-state index in [1.54, 1.807) is 14.2 Å². The number of likely N-dealkylation sites (tertiary alicyclic amines) is 1. The Bertz CT molecular complexity index is 172. The molecular formula is C12H26N2O2. The number of likely N-dealkylation sites (N-methyl/N-ethyl adjacent to an activating group) is 1. The molecule has 0 spiro atoms. The molecule has 2 unspecified atom stereocenters. The average molecular weight is 230 g/mol. The van der Waals surface area contributed by atoms with E-state index in [1.807, 2.05) is 0 Å². The third-order valence-corrected chi connectivity index (χ3v) is 3.11. The van der Waals surface area contributed by atoms with Crippen LogP contribution in [0.2, 0.25) is 0 Å². The van der Waals surface area contributed by atoms with Crippen LogP contribution >= 0.6 is 0 Å². The predicted molar refractivity (Wildman–Crippen MR) is 65.8 cm³/mol. The predicted octanol–water partition coefficient (Wildman–Crippen LogP) is 0.579. The smallest absolute Gasteiger partial charge is 0.0628 e. The van der Waals surface area contributed by atoms with Crippen molar-refractivity contribution in [1.29, 1.82) is 0 Å². The number of rotatable bonds is 8. The van der Waals surface area contributed by atoms with Crippen molar-refractivity contribution in [3.05, 3.63) is 0 Å². The van der Waals surface area contributed by atoms with E-state index in [0.29, 0.717) is 6.04 Å². The van der Waals surface area contributed by atoms with Gasteiger partial charge in [-0.05, 0) is 25.4 Å². The molecular weight excluding hydrogens is 204 g/mol. The zero-order chi connectivity index (χ0) is 11.8. The number of methoxy groups -OCH3 is 2. The van der Waals surface area contributed by atoms with Gasteiger partial charge in [-0.1, -0.05) is 6.92 Å². The average Bonchev–Trinajstić information content (AvgIpc) is 2.67. The van der Waals surface area contributed by atoms with Gasteiger partial charge in [-0.25, -0.2) is 0 Å². The lowest BCUT2D eigenvalue weighted by atomic mass is 10.1. The minimum absolute atomic E-state index is 0.455. The lowest BCUT2D eigenvalue weighted by Gasteiger charge is -2.23. The van der Waals surface area contributed by atoms with Gasteiger partial charge in [-0.15, -0.1) is 0 Å². The first-order valence-corrected chi connectivity index (χ1v) is 6.23. The third-order valence-electron chi connectivity index (χ3n) is 3.11. The van der Waals surface area contributed by atoms with Crippen LogP contribution in [0.5, 0.6) is 0 Å². The van der Waals surface area contributed by atoms with Gasteiger partial charge in [0.2, 0.25) is 0 Å². The van der Waals surface area contributed by atoms with Crippen molar-refractivity contribution in [3.8, 4) is 0 Å². The number of nitrogens with zero attached hydrogens (tertiary/aromatic N) is 1. The van der Waals surface area contributed by atoms with Crippen LogP contribution in [-0.2, 0) is 9.47 Å². The summed E-state index contributed by atoms with van der Waals surface area (Å²) in [6.07, 6.45) is 1.26. The third kappa shape index (κ3) is 4.78. The Hall–Kier alpha value is -0.160. The zero-order valence-electron chi connectivity index (χ0n) is 10.9. The van der Waals surface area contributed by atoms with E-state index in [4.69, 9.17) is 9.47 Å². The number of hydrogen-bond acceptors (Lipinski definition) is 4. The molecule has 1 aliphatic heterocycles. The maximum atomic E-state index is 5.23. The van der Waals surface area contributed by atoms with E-state index < -0.39 is 0 Å². The van der Waals surface area contributed by atoms with Crippen LogP contribution < -0.4 is 5.32 Å². The molecule has 0 bridgehead atoms. The first kappa shape index (κ1) is 13.9. The molecule has 1 heterocycles. The Morgan fingerprint density at radius 3 is 2.81 bits per heavy atom. The molecule has 4 heteroatoms. The van der Waals surface area contributed by atoms with E-state index >= 15 is 0 Å². The molecule has 4 nitrogen and oxygen atoms in total. The fourth-order valence-electron chi connectivity index (χ4n) is 2.43. The van der Waals surface area contributed by atoms with Gasteiger partial charge in [0.25, 0.3) is 0 Å². The van der Waals surface area contributed by atoms with Gasteiger partial charge in [-0.3, -0.25) is 0 Å². The monoisotopic (exact) mass is 230 g/mol. The van der Waals surface area contributed by atoms with Gasteiger partial charge < -0.3 is 19.7 Å². The second kappa shape index (κ2) is 8.01. The fourth-order valence-corrected chi connectivity index (χ4v) is 2.43. The van der Waals surface area contributed by atoms with Crippen molar-refractivity contribution in [3.63, 3.8) is 0 Å². The van der Waals surface area contributed by atoms with Gasteiger partial charge in [-0.2, -0.15) is 0 Å². The molecule has 0 aromatic heterocycles. The summed E-state index contributed by atoms with van der Waals surface area (Å²) in [5, 5.41) is 3.46. The van der Waals surface area contributed by atoms with E-state index in [9.17, 15) is 0 Å². The van der Waals surface area contributed by atoms with E-state index in [-0.39, 0.29) is 0 Å². The highest BCUT2D eigenvalue weighted by atomic mass is 16.5. The molecule has 1 rings (SSSR count). The van der Waals surface area contributed by atoms with Crippen LogP contribution in [0.4, 0.5) is 0 Å². The molecule has 0 saturated carbocycles. The first-order chi connectivity index (χ1) is 7.80. The Kier molecular flexibility index (Phi) is 6.96. The maximum absolute atomic E-state index is 5.23. The van der Waals surface area contributed by atoms with Gasteiger partial charge >= 0.3 is 0 Å². The lowest BCUT2D eigenvalue weighted by Crippen LogP contribution is -2.43. The topological polar surface area (TPSA) is 33.7 Å².